The third kappa shape index (κ3) is 4.47. The summed E-state index contributed by atoms with van der Waals surface area (Å²) in [6.45, 7) is 0. The van der Waals surface area contributed by atoms with Gasteiger partial charge in [-0.05, 0) is 109 Å². The van der Waals surface area contributed by atoms with Crippen LogP contribution in [0.4, 0.5) is 42.9 Å². The lowest BCUT2D eigenvalue weighted by Crippen LogP contribution is -2.10. The van der Waals surface area contributed by atoms with Crippen LogP contribution in [0.1, 0.15) is 19.2 Å². The average molecular weight is 789 g/mol. The predicted molar refractivity (Wildman–Crippen MR) is 245 cm³/mol. The molecule has 0 unspecified atom stereocenters. The molecule has 6 heteroatoms. The monoisotopic (exact) mass is 788 g/mol. The third-order valence-electron chi connectivity index (χ3n) is 11.3. The molecular formula is C54H32F2N4. The number of benzene rings is 9. The molecule has 0 aliphatic carbocycles. The summed E-state index contributed by atoms with van der Waals surface area (Å²) in [5.41, 5.74) is 1.15. The number of nitrogens with zero attached hydrogens (tertiary/aromatic N) is 4. The van der Waals surface area contributed by atoms with Gasteiger partial charge in [-0.2, -0.15) is 0 Å². The molecule has 0 atom stereocenters. The van der Waals surface area contributed by atoms with Crippen LogP contribution in [0, 0.1) is 11.6 Å². The van der Waals surface area contributed by atoms with Crippen molar-refractivity contribution in [1.29, 1.82) is 0 Å². The van der Waals surface area contributed by atoms with Crippen molar-refractivity contribution in [3.8, 4) is 0 Å². The first-order valence-electron chi connectivity index (χ1n) is 26.0. The summed E-state index contributed by atoms with van der Waals surface area (Å²) < 4.78 is 166. The number of rotatable bonds is 6. The van der Waals surface area contributed by atoms with Crippen molar-refractivity contribution in [3.63, 3.8) is 0 Å². The fourth-order valence-corrected chi connectivity index (χ4v) is 8.89. The Balaban J connectivity index is 1.27. The van der Waals surface area contributed by atoms with E-state index < -0.39 is 96.2 Å². The SMILES string of the molecule is [2H]c1c([2H])c([2H])c2c(c1N(c1ccccc1)c1ccc(F)cc1)c1c([2H])c([2H])c([2H])c3c4c([2H])c5c(c([2H])c4n2c13)c1c([2H])c([2H])c([2H])c2c3c(N(c4ccccc4)c4ccc(F)cc4)c([2H])c([2H])c([2H])c3n5c21. The van der Waals surface area contributed by atoms with E-state index in [4.69, 9.17) is 0 Å². The summed E-state index contributed by atoms with van der Waals surface area (Å²) in [6.07, 6.45) is 0. The Morgan fingerprint density at radius 2 is 0.733 bits per heavy atom. The first-order valence-corrected chi connectivity index (χ1v) is 19.0. The van der Waals surface area contributed by atoms with E-state index >= 15 is 0 Å². The van der Waals surface area contributed by atoms with Gasteiger partial charge in [-0.3, -0.25) is 0 Å². The van der Waals surface area contributed by atoms with Crippen LogP contribution >= 0.6 is 0 Å². The van der Waals surface area contributed by atoms with Gasteiger partial charge in [0.1, 0.15) is 11.6 Å². The van der Waals surface area contributed by atoms with Gasteiger partial charge in [0.25, 0.3) is 0 Å². The van der Waals surface area contributed by atoms with E-state index in [2.05, 4.69) is 0 Å². The highest BCUT2D eigenvalue weighted by Crippen LogP contribution is 2.50. The van der Waals surface area contributed by atoms with Crippen molar-refractivity contribution in [2.45, 2.75) is 0 Å². The van der Waals surface area contributed by atoms with Crippen LogP contribution in [-0.2, 0) is 0 Å². The molecule has 282 valence electrons. The van der Waals surface area contributed by atoms with Crippen molar-refractivity contribution >= 4 is 110 Å². The minimum atomic E-state index is -0.595. The summed E-state index contributed by atoms with van der Waals surface area (Å²) in [4.78, 5) is 3.16. The van der Waals surface area contributed by atoms with Crippen LogP contribution in [0.5, 0.6) is 0 Å². The van der Waals surface area contributed by atoms with Gasteiger partial charge in [0.2, 0.25) is 0 Å². The molecule has 0 spiro atoms. The van der Waals surface area contributed by atoms with Gasteiger partial charge in [-0.1, -0.05) is 84.7 Å². The summed E-state index contributed by atoms with van der Waals surface area (Å²) >= 11 is 0. The Labute approximate surface area is 361 Å². The van der Waals surface area contributed by atoms with Gasteiger partial charge in [0.15, 0.2) is 0 Å². The van der Waals surface area contributed by atoms with Crippen molar-refractivity contribution < 1.29 is 28.0 Å². The molecule has 13 aromatic rings. The number of para-hydroxylation sites is 4. The van der Waals surface area contributed by atoms with E-state index in [9.17, 15) is 28.0 Å². The summed E-state index contributed by atoms with van der Waals surface area (Å²) in [6, 6.07) is 21.0. The molecule has 4 aromatic heterocycles. The van der Waals surface area contributed by atoms with E-state index in [1.807, 2.05) is 0 Å². The number of hydrogen-bond acceptors (Lipinski definition) is 2. The Morgan fingerprint density at radius 3 is 1.15 bits per heavy atom. The van der Waals surface area contributed by atoms with Gasteiger partial charge in [-0.25, -0.2) is 8.78 Å². The van der Waals surface area contributed by atoms with E-state index in [0.717, 1.165) is 0 Å². The van der Waals surface area contributed by atoms with Gasteiger partial charge in [0.05, 0.1) is 63.7 Å². The fourth-order valence-electron chi connectivity index (χ4n) is 8.89. The molecule has 0 N–H and O–H groups in total. The Hall–Kier alpha value is -7.96. The Morgan fingerprint density at radius 1 is 0.367 bits per heavy atom. The molecule has 0 fully saturated rings. The molecule has 0 bridgehead atoms. The molecular weight excluding hydrogens is 743 g/mol. The molecule has 4 heterocycles. The highest BCUT2D eigenvalue weighted by Gasteiger charge is 2.26. The molecule has 0 saturated carbocycles. The second kappa shape index (κ2) is 12.3. The maximum atomic E-state index is 14.6. The number of hydrogen-bond donors (Lipinski definition) is 0. The van der Waals surface area contributed by atoms with E-state index in [1.54, 1.807) is 70.5 Å². The second-order valence-electron chi connectivity index (χ2n) is 14.5. The van der Waals surface area contributed by atoms with Crippen LogP contribution in [0.2, 0.25) is 0 Å². The molecule has 0 aliphatic heterocycles. The van der Waals surface area contributed by atoms with E-state index in [0.29, 0.717) is 22.7 Å². The van der Waals surface area contributed by atoms with Crippen LogP contribution < -0.4 is 9.80 Å². The van der Waals surface area contributed by atoms with Crippen LogP contribution in [0.3, 0.4) is 0 Å². The molecule has 0 saturated heterocycles. The molecule has 0 amide bonds. The average Bonchev–Trinajstić information content (AvgIpc) is 4.23. The first kappa shape index (κ1) is 22.3. The summed E-state index contributed by atoms with van der Waals surface area (Å²) in [5, 5.41) is -0.374. The second-order valence-corrected chi connectivity index (χ2v) is 14.5. The number of fused-ring (bicyclic) bond motifs is 12. The van der Waals surface area contributed by atoms with Crippen molar-refractivity contribution in [2.24, 2.45) is 0 Å². The lowest BCUT2D eigenvalue weighted by molar-refractivity contribution is 0.627. The van der Waals surface area contributed by atoms with Crippen LogP contribution in [0.25, 0.3) is 76.2 Å². The van der Waals surface area contributed by atoms with Gasteiger partial charge < -0.3 is 18.6 Å². The van der Waals surface area contributed by atoms with Crippen LogP contribution in [0.15, 0.2) is 194 Å². The van der Waals surface area contributed by atoms with Crippen molar-refractivity contribution in [3.05, 3.63) is 205 Å². The zero-order chi connectivity index (χ0) is 51.8. The van der Waals surface area contributed by atoms with Crippen LogP contribution in [-0.4, -0.2) is 8.80 Å². The largest absolute Gasteiger partial charge is 0.310 e. The zero-order valence-electron chi connectivity index (χ0n) is 44.9. The molecule has 9 aromatic carbocycles. The third-order valence-corrected chi connectivity index (χ3v) is 11.3. The molecule has 60 heavy (non-hydrogen) atoms. The quantitative estimate of drug-likeness (QED) is 0.167. The maximum absolute atomic E-state index is 14.6. The molecule has 13 rings (SSSR count). The molecule has 0 aliphatic rings. The summed E-state index contributed by atoms with van der Waals surface area (Å²) in [7, 11) is 0. The predicted octanol–water partition coefficient (Wildman–Crippen LogP) is 15.2. The molecule has 0 radical (unpaired) electrons. The minimum absolute atomic E-state index is 0.0206. The van der Waals surface area contributed by atoms with Crippen molar-refractivity contribution in [2.75, 3.05) is 9.80 Å². The molecule has 4 nitrogen and oxygen atoms in total. The highest BCUT2D eigenvalue weighted by molar-refractivity contribution is 6.31. The van der Waals surface area contributed by atoms with E-state index in [1.165, 1.54) is 57.3 Å². The maximum Gasteiger partial charge on any atom is 0.123 e. The van der Waals surface area contributed by atoms with Gasteiger partial charge >= 0.3 is 0 Å². The van der Waals surface area contributed by atoms with E-state index in [-0.39, 0.29) is 87.6 Å². The smallest absolute Gasteiger partial charge is 0.123 e. The Bertz CT molecular complexity index is 4310. The number of halogens is 2. The van der Waals surface area contributed by atoms with Gasteiger partial charge in [0, 0.05) is 65.8 Å². The number of aromatic nitrogens is 2. The zero-order valence-corrected chi connectivity index (χ0v) is 30.9. The fraction of sp³-hybridized carbons (Fsp3) is 0. The van der Waals surface area contributed by atoms with Crippen molar-refractivity contribution in [1.82, 2.24) is 8.80 Å². The highest BCUT2D eigenvalue weighted by atomic mass is 19.1. The summed E-state index contributed by atoms with van der Waals surface area (Å²) in [5.74, 6) is -1.10. The van der Waals surface area contributed by atoms with Gasteiger partial charge in [-0.15, -0.1) is 0 Å². The first-order chi connectivity index (χ1) is 35.5. The number of anilines is 6. The normalized spacial score (nSPS) is 15.4. The topological polar surface area (TPSA) is 15.3 Å². The Kier molecular flexibility index (Phi) is 4.55. The lowest BCUT2D eigenvalue weighted by Gasteiger charge is -2.26. The lowest BCUT2D eigenvalue weighted by atomic mass is 10.0. The standard InChI is InChI=1S/C54H32F2N4/c55-33-23-27-37(28-24-33)57(35-11-3-1-4-12-35)45-19-9-21-47-51(45)41-17-7-15-39-43-32-50-44(31-49(43)59(47)53(39)41)40-16-8-18-42-52-46(20-10-22-48(52)60(50)54(40)42)58(36-13-5-2-6-14-36)38-29-25-34(56)26-30-38/h1-32H/i7D,8D,9D,10D,15D,16D,17D,18D,19D,20D,21D,22D,31D,32D. The minimum Gasteiger partial charge on any atom is -0.310 e.